The van der Waals surface area contributed by atoms with Gasteiger partial charge in [0.15, 0.2) is 5.65 Å². The second kappa shape index (κ2) is 5.51. The van der Waals surface area contributed by atoms with Crippen LogP contribution in [0.3, 0.4) is 0 Å². The lowest BCUT2D eigenvalue weighted by Gasteiger charge is -2.10. The summed E-state index contributed by atoms with van der Waals surface area (Å²) >= 11 is 0. The molecule has 8 nitrogen and oxygen atoms in total. The van der Waals surface area contributed by atoms with Gasteiger partial charge in [0.1, 0.15) is 5.82 Å². The molecule has 0 fully saturated rings. The summed E-state index contributed by atoms with van der Waals surface area (Å²) in [5, 5.41) is 27.6. The van der Waals surface area contributed by atoms with Gasteiger partial charge in [-0.3, -0.25) is 0 Å². The summed E-state index contributed by atoms with van der Waals surface area (Å²) in [6.07, 6.45) is 0.118. The molecule has 2 heterocycles. The second-order valence-electron chi connectivity index (χ2n) is 3.57. The van der Waals surface area contributed by atoms with E-state index in [1.165, 1.54) is 4.63 Å². The molecule has 0 saturated heterocycles. The number of ether oxygens (including phenoxy) is 1. The van der Waals surface area contributed by atoms with Gasteiger partial charge >= 0.3 is 0 Å². The fourth-order valence-corrected chi connectivity index (χ4v) is 1.39. The van der Waals surface area contributed by atoms with Gasteiger partial charge in [0, 0.05) is 13.7 Å². The average molecular weight is 238 g/mol. The fourth-order valence-electron chi connectivity index (χ4n) is 1.39. The molecule has 1 atom stereocenters. The van der Waals surface area contributed by atoms with Gasteiger partial charge in [-0.05, 0) is 29.0 Å². The smallest absolute Gasteiger partial charge is 0.200 e. The SMILES string of the molecule is COCC(O)CCNc1ccc2nnnn2n1. The third kappa shape index (κ3) is 3.08. The van der Waals surface area contributed by atoms with Crippen molar-refractivity contribution in [2.24, 2.45) is 0 Å². The van der Waals surface area contributed by atoms with Crippen LogP contribution in [0.2, 0.25) is 0 Å². The topological polar surface area (TPSA) is 97.5 Å². The van der Waals surface area contributed by atoms with Gasteiger partial charge in [-0.2, -0.15) is 0 Å². The van der Waals surface area contributed by atoms with Crippen LogP contribution in [-0.2, 0) is 4.74 Å². The number of aliphatic hydroxyl groups is 1. The molecule has 0 spiro atoms. The van der Waals surface area contributed by atoms with E-state index in [0.717, 1.165) is 0 Å². The predicted molar refractivity (Wildman–Crippen MR) is 59.6 cm³/mol. The van der Waals surface area contributed by atoms with Crippen LogP contribution in [0.5, 0.6) is 0 Å². The Kier molecular flexibility index (Phi) is 3.78. The average Bonchev–Trinajstić information content (AvgIpc) is 2.76. The molecule has 0 saturated carbocycles. The first-order valence-corrected chi connectivity index (χ1v) is 5.26. The largest absolute Gasteiger partial charge is 0.391 e. The maximum atomic E-state index is 9.44. The maximum Gasteiger partial charge on any atom is 0.200 e. The van der Waals surface area contributed by atoms with Crippen LogP contribution in [0.1, 0.15) is 6.42 Å². The van der Waals surface area contributed by atoms with Crippen molar-refractivity contribution in [3.63, 3.8) is 0 Å². The van der Waals surface area contributed by atoms with Crippen LogP contribution in [0, 0.1) is 0 Å². The molecule has 8 heteroatoms. The zero-order valence-corrected chi connectivity index (χ0v) is 9.44. The van der Waals surface area contributed by atoms with Crippen molar-refractivity contribution < 1.29 is 9.84 Å². The minimum Gasteiger partial charge on any atom is -0.391 e. The monoisotopic (exact) mass is 238 g/mol. The molecule has 2 N–H and O–H groups in total. The molecule has 17 heavy (non-hydrogen) atoms. The zero-order chi connectivity index (χ0) is 12.1. The van der Waals surface area contributed by atoms with Gasteiger partial charge in [0.2, 0.25) is 0 Å². The summed E-state index contributed by atoms with van der Waals surface area (Å²) in [4.78, 5) is 0. The van der Waals surface area contributed by atoms with E-state index in [1.807, 2.05) is 0 Å². The molecular weight excluding hydrogens is 224 g/mol. The predicted octanol–water partition coefficient (Wildman–Crippen LogP) is -0.671. The highest BCUT2D eigenvalue weighted by atomic mass is 16.5. The number of anilines is 1. The van der Waals surface area contributed by atoms with Crippen molar-refractivity contribution in [1.82, 2.24) is 25.3 Å². The van der Waals surface area contributed by atoms with E-state index in [1.54, 1.807) is 19.2 Å². The molecule has 2 aromatic rings. The standard InChI is InChI=1S/C9H14N6O2/c1-17-6-7(16)4-5-10-8-2-3-9-11-13-14-15(9)12-8/h2-3,7,16H,4-6H2,1H3,(H,10,12). The Balaban J connectivity index is 1.86. The molecule has 0 bridgehead atoms. The van der Waals surface area contributed by atoms with E-state index in [2.05, 4.69) is 25.9 Å². The number of aromatic nitrogens is 5. The Labute approximate surface area is 97.6 Å². The molecule has 0 radical (unpaired) electrons. The fraction of sp³-hybridized carbons (Fsp3) is 0.556. The first kappa shape index (κ1) is 11.7. The Morgan fingerprint density at radius 1 is 1.53 bits per heavy atom. The Bertz CT molecular complexity index is 473. The summed E-state index contributed by atoms with van der Waals surface area (Å²) < 4.78 is 6.17. The lowest BCUT2D eigenvalue weighted by Crippen LogP contribution is -2.18. The number of fused-ring (bicyclic) bond motifs is 1. The molecule has 0 aliphatic rings. The van der Waals surface area contributed by atoms with Crippen molar-refractivity contribution in [3.8, 4) is 0 Å². The number of nitrogens with one attached hydrogen (secondary N) is 1. The summed E-state index contributed by atoms with van der Waals surface area (Å²) in [7, 11) is 1.56. The zero-order valence-electron chi connectivity index (χ0n) is 9.44. The molecule has 1 unspecified atom stereocenters. The van der Waals surface area contributed by atoms with E-state index in [9.17, 15) is 5.11 Å². The quantitative estimate of drug-likeness (QED) is 0.688. The lowest BCUT2D eigenvalue weighted by molar-refractivity contribution is 0.0615. The molecular formula is C9H14N6O2. The lowest BCUT2D eigenvalue weighted by atomic mass is 10.2. The van der Waals surface area contributed by atoms with Crippen molar-refractivity contribution in [3.05, 3.63) is 12.1 Å². The van der Waals surface area contributed by atoms with E-state index in [0.29, 0.717) is 31.0 Å². The van der Waals surface area contributed by atoms with Crippen LogP contribution < -0.4 is 5.32 Å². The maximum absolute atomic E-state index is 9.44. The normalized spacial score (nSPS) is 12.8. The highest BCUT2D eigenvalue weighted by Crippen LogP contribution is 2.03. The van der Waals surface area contributed by atoms with Crippen LogP contribution >= 0.6 is 0 Å². The number of hydrogen-bond donors (Lipinski definition) is 2. The van der Waals surface area contributed by atoms with Gasteiger partial charge in [0.05, 0.1) is 12.7 Å². The van der Waals surface area contributed by atoms with Crippen molar-refractivity contribution >= 4 is 11.5 Å². The molecule has 2 rings (SSSR count). The van der Waals surface area contributed by atoms with Gasteiger partial charge in [-0.25, -0.2) is 0 Å². The van der Waals surface area contributed by atoms with E-state index in [-0.39, 0.29) is 0 Å². The van der Waals surface area contributed by atoms with Crippen LogP contribution in [-0.4, -0.2) is 56.7 Å². The first-order valence-electron chi connectivity index (χ1n) is 5.26. The highest BCUT2D eigenvalue weighted by Gasteiger charge is 2.04. The summed E-state index contributed by atoms with van der Waals surface area (Å²) in [5.41, 5.74) is 0.593. The van der Waals surface area contributed by atoms with Crippen molar-refractivity contribution in [2.45, 2.75) is 12.5 Å². The third-order valence-electron chi connectivity index (χ3n) is 2.21. The number of methoxy groups -OCH3 is 1. The Morgan fingerprint density at radius 2 is 2.41 bits per heavy atom. The summed E-state index contributed by atoms with van der Waals surface area (Å²) in [6.45, 7) is 0.937. The molecule has 2 aromatic heterocycles. The summed E-state index contributed by atoms with van der Waals surface area (Å²) in [6, 6.07) is 3.55. The Morgan fingerprint density at radius 3 is 3.24 bits per heavy atom. The number of nitrogens with zero attached hydrogens (tertiary/aromatic N) is 5. The van der Waals surface area contributed by atoms with Crippen LogP contribution in [0.15, 0.2) is 12.1 Å². The number of rotatable bonds is 6. The minimum absolute atomic E-state index is 0.334. The van der Waals surface area contributed by atoms with E-state index >= 15 is 0 Å². The summed E-state index contributed by atoms with van der Waals surface area (Å²) in [5.74, 6) is 0.661. The minimum atomic E-state index is -0.468. The van der Waals surface area contributed by atoms with Gasteiger partial charge in [0.25, 0.3) is 0 Å². The molecule has 92 valence electrons. The van der Waals surface area contributed by atoms with E-state index < -0.39 is 6.10 Å². The van der Waals surface area contributed by atoms with E-state index in [4.69, 9.17) is 4.74 Å². The van der Waals surface area contributed by atoms with Crippen LogP contribution in [0.4, 0.5) is 5.82 Å². The van der Waals surface area contributed by atoms with Crippen LogP contribution in [0.25, 0.3) is 5.65 Å². The van der Waals surface area contributed by atoms with Gasteiger partial charge in [-0.1, -0.05) is 0 Å². The second-order valence-corrected chi connectivity index (χ2v) is 3.57. The molecule has 0 aromatic carbocycles. The number of hydrogen-bond acceptors (Lipinski definition) is 7. The van der Waals surface area contributed by atoms with Crippen molar-refractivity contribution in [1.29, 1.82) is 0 Å². The molecule has 0 aliphatic heterocycles. The third-order valence-corrected chi connectivity index (χ3v) is 2.21. The number of tetrazole rings is 1. The molecule has 0 amide bonds. The van der Waals surface area contributed by atoms with Gasteiger partial charge < -0.3 is 15.2 Å². The number of aliphatic hydroxyl groups excluding tert-OH is 1. The highest BCUT2D eigenvalue weighted by molar-refractivity contribution is 5.41. The van der Waals surface area contributed by atoms with Gasteiger partial charge in [-0.15, -0.1) is 14.8 Å². The first-order chi connectivity index (χ1) is 8.29. The Hall–Kier alpha value is -1.80. The molecule has 0 aliphatic carbocycles. The van der Waals surface area contributed by atoms with Crippen molar-refractivity contribution in [2.75, 3.05) is 25.6 Å².